The second kappa shape index (κ2) is 43.9. The number of aromatic hydroxyl groups is 3. The number of hydrogen-bond donors (Lipinski definition) is 24. The quantitative estimate of drug-likeness (QED) is 0.0272. The number of fused-ring (bicyclic) bond motifs is 15. The molecule has 22 atom stereocenters. The molecular formula is C91H106Cl3N11O34P2. The first-order valence-corrected chi connectivity index (χ1v) is 48.6. The summed E-state index contributed by atoms with van der Waals surface area (Å²) in [5.41, 5.74) is 5.59. The fourth-order valence-corrected chi connectivity index (χ4v) is 20.1. The Balaban J connectivity index is 1.03. The molecule has 15 rings (SSSR count). The number of carboxylic acids is 1. The highest BCUT2D eigenvalue weighted by atomic mass is 35.5. The van der Waals surface area contributed by atoms with Crippen LogP contribution in [0.25, 0.3) is 22.3 Å². The van der Waals surface area contributed by atoms with Gasteiger partial charge in [0.25, 0.3) is 0 Å². The van der Waals surface area contributed by atoms with Crippen LogP contribution in [0.4, 0.5) is 0 Å². The number of esters is 1. The van der Waals surface area contributed by atoms with Crippen LogP contribution in [0.1, 0.15) is 144 Å². The lowest BCUT2D eigenvalue weighted by atomic mass is 9.84. The van der Waals surface area contributed by atoms with E-state index in [1.807, 2.05) is 36.4 Å². The zero-order chi connectivity index (χ0) is 103. The minimum Gasteiger partial charge on any atom is -0.508 e. The van der Waals surface area contributed by atoms with E-state index in [1.165, 1.54) is 39.2 Å². The molecule has 26 N–H and O–H groups in total. The third-order valence-corrected chi connectivity index (χ3v) is 28.8. The number of nitrogens with one attached hydrogen (secondary N) is 9. The second-order valence-electron chi connectivity index (χ2n) is 35.8. The molecule has 0 aromatic heterocycles. The number of aliphatic carboxylic acids is 1. The average Bonchev–Trinajstić information content (AvgIpc) is 0.764. The molecule has 11 bridgehead atoms. The third-order valence-electron chi connectivity index (χ3n) is 24.6. The second-order valence-corrected chi connectivity index (χ2v) is 40.9. The highest BCUT2D eigenvalue weighted by Gasteiger charge is 2.54. The summed E-state index contributed by atoms with van der Waals surface area (Å²) in [6.07, 6.45) is -27.1. The molecule has 7 aromatic carbocycles. The molecule has 0 radical (unpaired) electrons. The van der Waals surface area contributed by atoms with Crippen molar-refractivity contribution in [1.82, 2.24) is 47.9 Å². The Hall–Kier alpha value is -11.3. The summed E-state index contributed by atoms with van der Waals surface area (Å²) in [5.74, 6) is -21.4. The molecule has 50 heteroatoms. The number of benzene rings is 7. The Bertz CT molecular complexity index is 6000. The molecule has 8 aliphatic heterocycles. The zero-order valence-corrected chi connectivity index (χ0v) is 80.1. The van der Waals surface area contributed by atoms with Crippen molar-refractivity contribution in [3.05, 3.63) is 176 Å². The zero-order valence-electron chi connectivity index (χ0n) is 76.1. The van der Waals surface area contributed by atoms with Crippen molar-refractivity contribution in [2.45, 2.75) is 225 Å². The molecule has 3 fully saturated rings. The molecule has 141 heavy (non-hydrogen) atoms. The monoisotopic (exact) mass is 2060 g/mol. The number of carboxylic acid groups (broad SMARTS) is 1. The van der Waals surface area contributed by atoms with E-state index < -0.39 is 335 Å². The maximum absolute atomic E-state index is 16.8. The number of rotatable bonds is 26. The van der Waals surface area contributed by atoms with E-state index in [0.29, 0.717) is 5.02 Å². The predicted octanol–water partition coefficient (Wildman–Crippen LogP) is 3.58. The number of phenolic OH excluding ortho intramolecular Hbond substituents is 3. The minimum atomic E-state index is -5.85. The predicted molar refractivity (Wildman–Crippen MR) is 494 cm³/mol. The van der Waals surface area contributed by atoms with Crippen LogP contribution in [-0.2, 0) is 92.0 Å². The standard InChI is InChI=1S/C91H106Cl3N11O34P2/c1-37(2)24-53(97-7)81(117)104-71-75(136-64(112)23-22-63(111)100-89(140(125,126)127)141(128,129)130)44-15-20-57(51(93)26-44)133-59-28-46-29-60(77(59)139-88-78(74(114)73(113)61(36-106)135-88)138-66-34-91(6,80(116)39(4)132-66)98-35-40-8-10-41(11-9-40)42-12-17-47(92)18-13-42)134-58-21-16-45(27-52(58)94)76(137-65-33-90(5,96)79(115)38(3)131-65)72-86(122)103-70(87(123)124)50-30-48(107)31-56(109)67(50)49-25-43(14-19-55(49)108)68(83(119)105-72)102-84(120)69(46)101-82(118)54(32-62(95)110)99-85(71)121/h8-21,25-31,37-39,53-54,61,65-66,68-76,78-80,88-89,97-98,106-109,113-116H,22-24,32-36,96H2,1-7H3,(H2,95,110)(H,99,121)(H,100,111)(H,101,118)(H,102,120)(H,103,122)(H,104,117)(H,105,119)(H,123,124)(H2,125,126,127)(H2,128,129,130)/t38-,39-,53+,54-,61+,65-,66-,68+,69+,70-,71+,72-,73+,74-,75+,76+,78+,79-,80-,88-,90-,91-/m0/s1. The highest BCUT2D eigenvalue weighted by Crippen LogP contribution is 2.59. The largest absolute Gasteiger partial charge is 0.508 e. The van der Waals surface area contributed by atoms with Crippen LogP contribution in [0.15, 0.2) is 127 Å². The normalized spacial score (nSPS) is 27.9. The summed E-state index contributed by atoms with van der Waals surface area (Å²) in [4.78, 5) is 191. The number of aliphatic hydroxyl groups excluding tert-OH is 5. The molecule has 8 heterocycles. The summed E-state index contributed by atoms with van der Waals surface area (Å²) in [6, 6.07) is 11.9. The molecule has 3 saturated heterocycles. The SMILES string of the molecule is CN[C@H](CC(C)C)C(=O)N[C@H]1C(=O)N[C@@H](CC(N)=O)C(=O)N[C@H]2C(=O)N[C@H]3C(=O)N[C@H](C(=O)N[C@H](C(=O)O)c4cc(O)cc(O)c4-c4cc3ccc4O)[C@H](O[C@H]3C[C@](C)(N)[C@@H](O)[C@H](C)O3)c3ccc(c(Cl)c3)Oc3cc2cc(c3O[C@@H]2O[C@H](CO)[C@@H](O)[C@H](O)[C@H]2O[C@H]2C[C@](C)(NCc3ccc(-c4ccc(Cl)cc4)cc3)[C@@H](O)[C@H](C)O2)Oc2ccc(cc2Cl)[C@H]1OC(=O)CCC(=O)NC(P(=O)(O)O)P(=O)(O)O. The Labute approximate surface area is 818 Å². The smallest absolute Gasteiger partial charge is 0.360 e. The van der Waals surface area contributed by atoms with Gasteiger partial charge in [-0.1, -0.05) is 103 Å². The number of amides is 8. The van der Waals surface area contributed by atoms with Crippen LogP contribution < -0.4 is 73.5 Å². The van der Waals surface area contributed by atoms with Crippen molar-refractivity contribution in [3.8, 4) is 68.2 Å². The molecular weight excluding hydrogens is 1960 g/mol. The number of aliphatic hydroxyl groups is 5. The van der Waals surface area contributed by atoms with Gasteiger partial charge in [0.15, 0.2) is 42.3 Å². The van der Waals surface area contributed by atoms with Gasteiger partial charge in [0.2, 0.25) is 64.8 Å². The van der Waals surface area contributed by atoms with Crippen molar-refractivity contribution in [3.63, 3.8) is 0 Å². The number of likely N-dealkylation sites (N-methyl/N-ethyl adjacent to an activating group) is 1. The molecule has 0 aliphatic carbocycles. The summed E-state index contributed by atoms with van der Waals surface area (Å²) in [7, 11) is -10.3. The van der Waals surface area contributed by atoms with Crippen molar-refractivity contribution in [2.75, 3.05) is 13.7 Å². The highest BCUT2D eigenvalue weighted by molar-refractivity contribution is 7.70. The fraction of sp³-hybridized carbons (Fsp3) is 0.429. The molecule has 8 aliphatic rings. The van der Waals surface area contributed by atoms with Crippen LogP contribution >= 0.6 is 50.0 Å². The van der Waals surface area contributed by atoms with Gasteiger partial charge in [-0.2, -0.15) is 0 Å². The number of carbonyl (C=O) groups is 10. The van der Waals surface area contributed by atoms with E-state index in [0.717, 1.165) is 89.5 Å². The first-order valence-electron chi connectivity index (χ1n) is 44.1. The summed E-state index contributed by atoms with van der Waals surface area (Å²) < 4.78 is 83.5. The van der Waals surface area contributed by atoms with E-state index in [-0.39, 0.29) is 30.9 Å². The van der Waals surface area contributed by atoms with Gasteiger partial charge in [0, 0.05) is 64.7 Å². The maximum atomic E-state index is 16.8. The topological polar surface area (TPSA) is 711 Å². The Kier molecular flexibility index (Phi) is 33.3. The average molecular weight is 2070 g/mol. The number of carbonyl (C=O) groups excluding carboxylic acids is 9. The van der Waals surface area contributed by atoms with Crippen LogP contribution in [0, 0.1) is 5.92 Å². The first-order chi connectivity index (χ1) is 66.3. The van der Waals surface area contributed by atoms with E-state index in [9.17, 15) is 98.6 Å². The van der Waals surface area contributed by atoms with E-state index in [4.69, 9.17) is 88.9 Å². The van der Waals surface area contributed by atoms with Crippen molar-refractivity contribution < 1.29 is 165 Å². The summed E-state index contributed by atoms with van der Waals surface area (Å²) >= 11 is 21.0. The third kappa shape index (κ3) is 24.8. The van der Waals surface area contributed by atoms with Crippen LogP contribution in [0.5, 0.6) is 46.0 Å². The molecule has 8 amide bonds. The lowest BCUT2D eigenvalue weighted by molar-refractivity contribution is -0.334. The molecule has 0 spiro atoms. The Morgan fingerprint density at radius 1 is 0.624 bits per heavy atom. The number of primary amides is 1. The Morgan fingerprint density at radius 3 is 1.77 bits per heavy atom. The number of nitrogens with two attached hydrogens (primary N) is 2. The first kappa shape index (κ1) is 107. The van der Waals surface area contributed by atoms with Gasteiger partial charge in [-0.05, 0) is 153 Å². The van der Waals surface area contributed by atoms with Gasteiger partial charge in [-0.15, -0.1) is 0 Å². The van der Waals surface area contributed by atoms with E-state index in [1.54, 1.807) is 32.9 Å². The molecule has 0 saturated carbocycles. The van der Waals surface area contributed by atoms with Crippen LogP contribution in [0.3, 0.4) is 0 Å². The summed E-state index contributed by atoms with van der Waals surface area (Å²) in [6.45, 7) is 8.54. The number of phenols is 3. The van der Waals surface area contributed by atoms with Gasteiger partial charge < -0.3 is 167 Å². The lowest BCUT2D eigenvalue weighted by Gasteiger charge is -2.48. The Morgan fingerprint density at radius 2 is 1.20 bits per heavy atom. The number of hydrogen-bond acceptors (Lipinski definition) is 32. The van der Waals surface area contributed by atoms with Crippen molar-refractivity contribution in [1.29, 1.82) is 0 Å². The van der Waals surface area contributed by atoms with Gasteiger partial charge >= 0.3 is 27.1 Å². The van der Waals surface area contributed by atoms with Gasteiger partial charge in [0.1, 0.15) is 83.4 Å². The van der Waals surface area contributed by atoms with E-state index >= 15 is 24.0 Å². The van der Waals surface area contributed by atoms with Crippen LogP contribution in [0.2, 0.25) is 15.1 Å². The van der Waals surface area contributed by atoms with Gasteiger partial charge in [-0.25, -0.2) is 4.79 Å². The molecule has 0 unspecified atom stereocenters. The summed E-state index contributed by atoms with van der Waals surface area (Å²) in [5, 5.41) is 127. The maximum Gasteiger partial charge on any atom is 0.360 e. The van der Waals surface area contributed by atoms with Gasteiger partial charge in [-0.3, -0.25) is 52.3 Å². The lowest BCUT2D eigenvalue weighted by Crippen LogP contribution is -2.65. The fourth-order valence-electron chi connectivity index (χ4n) is 17.3. The number of ether oxygens (including phenoxy) is 9. The van der Waals surface area contributed by atoms with Crippen molar-refractivity contribution in [2.24, 2.45) is 17.4 Å². The van der Waals surface area contributed by atoms with E-state index in [2.05, 4.69) is 42.5 Å². The van der Waals surface area contributed by atoms with Crippen LogP contribution in [-0.4, -0.2) is 247 Å². The minimum absolute atomic E-state index is 0.00622. The van der Waals surface area contributed by atoms with Crippen molar-refractivity contribution >= 4 is 109 Å². The van der Waals surface area contributed by atoms with Gasteiger partial charge in [0.05, 0.1) is 60.0 Å². The molecule has 760 valence electrons. The molecule has 7 aromatic rings. The molecule has 45 nitrogen and oxygen atoms in total. The number of halogens is 3.